The maximum absolute atomic E-state index is 14.1. The standard InChI is InChI=1S/C34H46N2O6Si/c1-4-40-43(41-5-2,42-6-3)24-16-23-35-32(38)36-26-34(39,30-21-14-9-15-22-30)25-33(36,27-37)31(28-17-10-7-11-18-28)29-19-12-8-13-20-29/h7-15,17-22,31,37,39H,4-6,16,23-27H2,1-3H3,(H,35,38)/t33-,34+/m1/s1. The van der Waals surface area contributed by atoms with Crippen molar-refractivity contribution in [3.05, 3.63) is 108 Å². The number of aliphatic hydroxyl groups is 2. The van der Waals surface area contributed by atoms with E-state index in [2.05, 4.69) is 5.32 Å². The predicted molar refractivity (Wildman–Crippen MR) is 170 cm³/mol. The van der Waals surface area contributed by atoms with Gasteiger partial charge in [0.05, 0.1) is 18.7 Å². The summed E-state index contributed by atoms with van der Waals surface area (Å²) in [5.41, 5.74) is 0.142. The number of nitrogens with zero attached hydrogens (tertiary/aromatic N) is 1. The Morgan fingerprint density at radius 1 is 0.860 bits per heavy atom. The Kier molecular flexibility index (Phi) is 11.5. The SMILES string of the molecule is CCO[Si](CCCNC(=O)N1C[C@](O)(c2ccccc2)C[C@@]1(CO)C(c1ccccc1)c1ccccc1)(OCC)OCC. The first-order valence-electron chi connectivity index (χ1n) is 15.3. The fraction of sp³-hybridized carbons (Fsp3) is 0.441. The summed E-state index contributed by atoms with van der Waals surface area (Å²) in [4.78, 5) is 15.8. The molecular formula is C34H46N2O6Si. The van der Waals surface area contributed by atoms with Gasteiger partial charge in [-0.3, -0.25) is 0 Å². The number of urea groups is 1. The molecule has 9 heteroatoms. The highest BCUT2D eigenvalue weighted by Crippen LogP contribution is 2.51. The van der Waals surface area contributed by atoms with Crippen molar-refractivity contribution in [1.29, 1.82) is 0 Å². The van der Waals surface area contributed by atoms with E-state index in [0.29, 0.717) is 44.4 Å². The Balaban J connectivity index is 1.67. The Labute approximate surface area is 257 Å². The molecule has 0 radical (unpaired) electrons. The minimum absolute atomic E-state index is 0.0368. The second kappa shape index (κ2) is 15.1. The van der Waals surface area contributed by atoms with Gasteiger partial charge in [0.1, 0.15) is 5.60 Å². The summed E-state index contributed by atoms with van der Waals surface area (Å²) in [6.45, 7) is 7.31. The topological polar surface area (TPSA) is 100 Å². The van der Waals surface area contributed by atoms with Gasteiger partial charge < -0.3 is 33.7 Å². The van der Waals surface area contributed by atoms with Crippen molar-refractivity contribution in [1.82, 2.24) is 10.2 Å². The minimum atomic E-state index is -2.85. The number of carbonyl (C=O) groups excluding carboxylic acids is 1. The molecule has 0 unspecified atom stereocenters. The molecule has 1 saturated heterocycles. The van der Waals surface area contributed by atoms with Crippen LogP contribution in [0.4, 0.5) is 4.79 Å². The van der Waals surface area contributed by atoms with Gasteiger partial charge in [-0.2, -0.15) is 0 Å². The average molecular weight is 607 g/mol. The Morgan fingerprint density at radius 3 is 1.81 bits per heavy atom. The van der Waals surface area contributed by atoms with Crippen LogP contribution in [-0.2, 0) is 18.9 Å². The number of hydrogen-bond donors (Lipinski definition) is 3. The number of β-amino-alcohol motifs (C(OH)–C–C–N with tert-alkyl or cyclic N) is 1. The van der Waals surface area contributed by atoms with E-state index in [1.165, 1.54) is 0 Å². The van der Waals surface area contributed by atoms with Gasteiger partial charge in [-0.1, -0.05) is 91.0 Å². The van der Waals surface area contributed by atoms with Crippen molar-refractivity contribution in [2.24, 2.45) is 0 Å². The molecule has 2 atom stereocenters. The summed E-state index contributed by atoms with van der Waals surface area (Å²) >= 11 is 0. The summed E-state index contributed by atoms with van der Waals surface area (Å²) in [6.07, 6.45) is 0.763. The molecule has 1 fully saturated rings. The van der Waals surface area contributed by atoms with Crippen molar-refractivity contribution in [2.45, 2.75) is 56.7 Å². The van der Waals surface area contributed by atoms with Crippen molar-refractivity contribution in [3.8, 4) is 0 Å². The number of rotatable bonds is 15. The van der Waals surface area contributed by atoms with Crippen LogP contribution < -0.4 is 5.32 Å². The zero-order valence-corrected chi connectivity index (χ0v) is 26.6. The maximum Gasteiger partial charge on any atom is 0.500 e. The van der Waals surface area contributed by atoms with Crippen molar-refractivity contribution in [2.75, 3.05) is 39.5 Å². The molecule has 3 aromatic carbocycles. The molecule has 0 aromatic heterocycles. The van der Waals surface area contributed by atoms with Crippen LogP contribution >= 0.6 is 0 Å². The number of carbonyl (C=O) groups is 1. The highest BCUT2D eigenvalue weighted by molar-refractivity contribution is 6.60. The molecular weight excluding hydrogens is 560 g/mol. The Morgan fingerprint density at radius 2 is 1.35 bits per heavy atom. The molecule has 1 heterocycles. The van der Waals surface area contributed by atoms with Gasteiger partial charge in [0.15, 0.2) is 0 Å². The number of likely N-dealkylation sites (tertiary alicyclic amines) is 1. The normalized spacial score (nSPS) is 20.5. The van der Waals surface area contributed by atoms with E-state index in [4.69, 9.17) is 13.3 Å². The lowest BCUT2D eigenvalue weighted by Gasteiger charge is -2.43. The van der Waals surface area contributed by atoms with Gasteiger partial charge >= 0.3 is 14.8 Å². The van der Waals surface area contributed by atoms with E-state index in [-0.39, 0.29) is 25.6 Å². The molecule has 2 amide bonds. The molecule has 0 spiro atoms. The second-order valence-corrected chi connectivity index (χ2v) is 13.7. The van der Waals surface area contributed by atoms with Crippen molar-refractivity contribution in [3.63, 3.8) is 0 Å². The highest BCUT2D eigenvalue weighted by Gasteiger charge is 2.59. The lowest BCUT2D eigenvalue weighted by Crippen LogP contribution is -2.57. The zero-order valence-electron chi connectivity index (χ0n) is 25.6. The van der Waals surface area contributed by atoms with Crippen molar-refractivity contribution < 1.29 is 28.3 Å². The quantitative estimate of drug-likeness (QED) is 0.161. The number of nitrogens with one attached hydrogen (secondary N) is 1. The van der Waals surface area contributed by atoms with Crippen LogP contribution in [0.2, 0.25) is 6.04 Å². The Bertz CT molecular complexity index is 1210. The van der Waals surface area contributed by atoms with E-state index in [9.17, 15) is 15.0 Å². The third-order valence-electron chi connectivity index (χ3n) is 8.22. The van der Waals surface area contributed by atoms with Gasteiger partial charge in [-0.05, 0) is 43.9 Å². The highest BCUT2D eigenvalue weighted by atomic mass is 28.4. The molecule has 232 valence electrons. The molecule has 1 aliphatic rings. The molecule has 43 heavy (non-hydrogen) atoms. The summed E-state index contributed by atoms with van der Waals surface area (Å²) < 4.78 is 17.9. The van der Waals surface area contributed by atoms with Gasteiger partial charge in [0.25, 0.3) is 0 Å². The van der Waals surface area contributed by atoms with E-state index in [1.807, 2.05) is 112 Å². The fourth-order valence-electron chi connectivity index (χ4n) is 6.48. The number of aliphatic hydroxyl groups excluding tert-OH is 1. The van der Waals surface area contributed by atoms with Gasteiger partial charge in [-0.25, -0.2) is 4.79 Å². The fourth-order valence-corrected chi connectivity index (χ4v) is 9.10. The Hall–Kier alpha value is -3.05. The molecule has 8 nitrogen and oxygen atoms in total. The molecule has 1 aliphatic heterocycles. The van der Waals surface area contributed by atoms with Gasteiger partial charge in [0.2, 0.25) is 0 Å². The monoisotopic (exact) mass is 606 g/mol. The van der Waals surface area contributed by atoms with Crippen LogP contribution in [-0.4, -0.2) is 75.0 Å². The molecule has 0 aliphatic carbocycles. The summed E-state index contributed by atoms with van der Waals surface area (Å²) in [5.74, 6) is -0.391. The van der Waals surface area contributed by atoms with Crippen LogP contribution in [0.3, 0.4) is 0 Å². The van der Waals surface area contributed by atoms with Crippen LogP contribution in [0.5, 0.6) is 0 Å². The summed E-state index contributed by atoms with van der Waals surface area (Å²) in [5, 5.41) is 26.5. The first kappa shape index (κ1) is 32.9. The van der Waals surface area contributed by atoms with E-state index >= 15 is 0 Å². The van der Waals surface area contributed by atoms with E-state index in [1.54, 1.807) is 4.90 Å². The molecule has 0 saturated carbocycles. The smallest absolute Gasteiger partial charge is 0.394 e. The van der Waals surface area contributed by atoms with Crippen LogP contribution in [0.1, 0.15) is 56.2 Å². The summed E-state index contributed by atoms with van der Waals surface area (Å²) in [6, 6.07) is 29.5. The predicted octanol–water partition coefficient (Wildman–Crippen LogP) is 5.29. The van der Waals surface area contributed by atoms with Crippen molar-refractivity contribution >= 4 is 14.8 Å². The van der Waals surface area contributed by atoms with E-state index < -0.39 is 25.9 Å². The first-order valence-corrected chi connectivity index (χ1v) is 17.3. The number of hydrogen-bond acceptors (Lipinski definition) is 6. The van der Waals surface area contributed by atoms with Gasteiger partial charge in [-0.15, -0.1) is 0 Å². The molecule has 0 bridgehead atoms. The minimum Gasteiger partial charge on any atom is -0.394 e. The largest absolute Gasteiger partial charge is 0.500 e. The van der Waals surface area contributed by atoms with E-state index in [0.717, 1.165) is 11.1 Å². The molecule has 4 rings (SSSR count). The molecule has 3 N–H and O–H groups in total. The third kappa shape index (κ3) is 7.37. The summed E-state index contributed by atoms with van der Waals surface area (Å²) in [7, 11) is -2.85. The maximum atomic E-state index is 14.1. The lowest BCUT2D eigenvalue weighted by molar-refractivity contribution is 0.0408. The van der Waals surface area contributed by atoms with Crippen LogP contribution in [0.25, 0.3) is 0 Å². The average Bonchev–Trinajstić information content (AvgIpc) is 3.35. The van der Waals surface area contributed by atoms with Crippen LogP contribution in [0, 0.1) is 0 Å². The second-order valence-electron chi connectivity index (χ2n) is 11.0. The molecule has 3 aromatic rings. The van der Waals surface area contributed by atoms with Gasteiger partial charge in [0, 0.05) is 44.7 Å². The van der Waals surface area contributed by atoms with Crippen LogP contribution in [0.15, 0.2) is 91.0 Å². The zero-order chi connectivity index (χ0) is 30.8. The first-order chi connectivity index (χ1) is 20.9. The number of benzene rings is 3. The third-order valence-corrected chi connectivity index (χ3v) is 11.4. The number of amides is 2. The lowest BCUT2D eigenvalue weighted by atomic mass is 9.71.